The molecule has 0 rings (SSSR count). The molecule has 0 aliphatic carbocycles. The Morgan fingerprint density at radius 2 is 1.00 bits per heavy atom. The lowest BCUT2D eigenvalue weighted by molar-refractivity contribution is -0.252. The van der Waals surface area contributed by atoms with E-state index in [0.717, 1.165) is 0 Å². The third-order valence-corrected chi connectivity index (χ3v) is 4.11. The van der Waals surface area contributed by atoms with Crippen molar-refractivity contribution in [1.29, 1.82) is 0 Å². The van der Waals surface area contributed by atoms with E-state index in [9.17, 15) is 18.9 Å². The van der Waals surface area contributed by atoms with Crippen LogP contribution in [-0.4, -0.2) is 11.2 Å². The fourth-order valence-electron chi connectivity index (χ4n) is 0.827. The zero-order valence-electron chi connectivity index (χ0n) is 10.8. The van der Waals surface area contributed by atoms with E-state index in [1.165, 1.54) is 41.5 Å². The molecular formula is C8H18O7P2-2. The molecule has 0 aromatic rings. The van der Waals surface area contributed by atoms with Crippen LogP contribution in [0.1, 0.15) is 41.5 Å². The maximum absolute atomic E-state index is 11.3. The Bertz CT molecular complexity index is 318. The van der Waals surface area contributed by atoms with Crippen LogP contribution in [0.3, 0.4) is 0 Å². The summed E-state index contributed by atoms with van der Waals surface area (Å²) in [6.07, 6.45) is 0. The molecule has 2 unspecified atom stereocenters. The van der Waals surface area contributed by atoms with Gasteiger partial charge in [-0.3, -0.25) is 9.13 Å². The lowest BCUT2D eigenvalue weighted by Gasteiger charge is -2.37. The predicted octanol–water partition coefficient (Wildman–Crippen LogP) is 1.57. The molecule has 0 aromatic heterocycles. The van der Waals surface area contributed by atoms with E-state index >= 15 is 0 Å². The van der Waals surface area contributed by atoms with Gasteiger partial charge >= 0.3 is 0 Å². The molecule has 104 valence electrons. The van der Waals surface area contributed by atoms with Crippen LogP contribution in [0.4, 0.5) is 0 Å². The van der Waals surface area contributed by atoms with Crippen molar-refractivity contribution in [2.24, 2.45) is 0 Å². The third-order valence-electron chi connectivity index (χ3n) is 0.971. The monoisotopic (exact) mass is 288 g/mol. The van der Waals surface area contributed by atoms with Crippen molar-refractivity contribution >= 4 is 15.6 Å². The van der Waals surface area contributed by atoms with Gasteiger partial charge in [0.1, 0.15) is 0 Å². The molecule has 0 fully saturated rings. The Hall–Kier alpha value is 0.260. The first-order valence-corrected chi connectivity index (χ1v) is 7.79. The van der Waals surface area contributed by atoms with E-state index in [1.54, 1.807) is 0 Å². The molecule has 0 heterocycles. The first-order chi connectivity index (χ1) is 7.12. The number of hydrogen-bond acceptors (Lipinski definition) is 7. The molecule has 0 spiro atoms. The van der Waals surface area contributed by atoms with Gasteiger partial charge in [-0.25, -0.2) is 4.31 Å². The average molecular weight is 288 g/mol. The van der Waals surface area contributed by atoms with Crippen LogP contribution in [0, 0.1) is 0 Å². The van der Waals surface area contributed by atoms with Crippen LogP contribution in [0.25, 0.3) is 0 Å². The van der Waals surface area contributed by atoms with Crippen molar-refractivity contribution in [3.8, 4) is 0 Å². The summed E-state index contributed by atoms with van der Waals surface area (Å²) < 4.78 is 35.5. The second-order valence-electron chi connectivity index (χ2n) is 5.38. The highest BCUT2D eigenvalue weighted by atomic mass is 31.3. The molecule has 0 N–H and O–H groups in total. The quantitative estimate of drug-likeness (QED) is 0.722. The molecular weight excluding hydrogens is 270 g/mol. The Balaban J connectivity index is 4.72. The number of phosphoric acid groups is 2. The zero-order valence-corrected chi connectivity index (χ0v) is 12.5. The Morgan fingerprint density at radius 1 is 0.765 bits per heavy atom. The summed E-state index contributed by atoms with van der Waals surface area (Å²) in [6, 6.07) is 0. The van der Waals surface area contributed by atoms with Gasteiger partial charge in [-0.15, -0.1) is 0 Å². The van der Waals surface area contributed by atoms with Gasteiger partial charge < -0.3 is 18.8 Å². The summed E-state index contributed by atoms with van der Waals surface area (Å²) in [5.74, 6) is 0. The van der Waals surface area contributed by atoms with E-state index in [0.29, 0.717) is 0 Å². The molecule has 0 amide bonds. The largest absolute Gasteiger partial charge is 0.756 e. The van der Waals surface area contributed by atoms with E-state index in [-0.39, 0.29) is 0 Å². The lowest BCUT2D eigenvalue weighted by Crippen LogP contribution is -2.26. The van der Waals surface area contributed by atoms with Crippen molar-refractivity contribution in [3.05, 3.63) is 0 Å². The first-order valence-electron chi connectivity index (χ1n) is 4.87. The second-order valence-corrected chi connectivity index (χ2v) is 8.19. The minimum Gasteiger partial charge on any atom is -0.756 e. The smallest absolute Gasteiger partial charge is 0.274 e. The highest BCUT2D eigenvalue weighted by Gasteiger charge is 2.28. The summed E-state index contributed by atoms with van der Waals surface area (Å²) in [7, 11) is -9.94. The lowest BCUT2D eigenvalue weighted by atomic mass is 10.2. The summed E-state index contributed by atoms with van der Waals surface area (Å²) in [5, 5.41) is 0. The summed E-state index contributed by atoms with van der Waals surface area (Å²) in [6.45, 7) is 8.67. The molecule has 9 heteroatoms. The molecule has 17 heavy (non-hydrogen) atoms. The highest BCUT2D eigenvalue weighted by molar-refractivity contribution is 7.59. The molecule has 0 saturated carbocycles. The van der Waals surface area contributed by atoms with Gasteiger partial charge in [0.05, 0.1) is 11.2 Å². The van der Waals surface area contributed by atoms with Gasteiger partial charge in [0.2, 0.25) is 0 Å². The molecule has 7 nitrogen and oxygen atoms in total. The number of rotatable bonds is 4. The standard InChI is InChI=1S/C8H20O7P2/c1-7(2,3)13-16(9,10)15-17(11,12)14-8(4,5)6/h1-6H3,(H,9,10)(H,11,12)/p-2. The Kier molecular flexibility index (Phi) is 5.17. The van der Waals surface area contributed by atoms with Crippen molar-refractivity contribution in [3.63, 3.8) is 0 Å². The predicted molar refractivity (Wildman–Crippen MR) is 58.0 cm³/mol. The Morgan fingerprint density at radius 3 is 1.18 bits per heavy atom. The van der Waals surface area contributed by atoms with Crippen LogP contribution in [-0.2, 0) is 22.5 Å². The van der Waals surface area contributed by atoms with Gasteiger partial charge in [0.25, 0.3) is 15.6 Å². The van der Waals surface area contributed by atoms with Crippen molar-refractivity contribution in [2.45, 2.75) is 52.7 Å². The second kappa shape index (κ2) is 5.10. The van der Waals surface area contributed by atoms with E-state index < -0.39 is 26.8 Å². The molecule has 2 atom stereocenters. The SMILES string of the molecule is CC(C)(C)OP(=O)([O-])OP(=O)([O-])OC(C)(C)C. The molecule has 0 aromatic carbocycles. The van der Waals surface area contributed by atoms with Gasteiger partial charge in [0.15, 0.2) is 0 Å². The molecule has 0 saturated heterocycles. The van der Waals surface area contributed by atoms with Gasteiger partial charge in [0, 0.05) is 0 Å². The van der Waals surface area contributed by atoms with Gasteiger partial charge in [-0.2, -0.15) is 0 Å². The van der Waals surface area contributed by atoms with E-state index in [1.807, 2.05) is 0 Å². The molecule has 0 bridgehead atoms. The van der Waals surface area contributed by atoms with Crippen LogP contribution < -0.4 is 9.79 Å². The van der Waals surface area contributed by atoms with Crippen molar-refractivity contribution in [2.75, 3.05) is 0 Å². The van der Waals surface area contributed by atoms with Crippen LogP contribution in [0.2, 0.25) is 0 Å². The maximum Gasteiger partial charge on any atom is 0.274 e. The van der Waals surface area contributed by atoms with Crippen molar-refractivity contribution in [1.82, 2.24) is 0 Å². The normalized spacial score (nSPS) is 20.7. The number of hydrogen-bond donors (Lipinski definition) is 0. The topological polar surface area (TPSA) is 108 Å². The van der Waals surface area contributed by atoms with Crippen LogP contribution >= 0.6 is 15.6 Å². The summed E-state index contributed by atoms with van der Waals surface area (Å²) in [4.78, 5) is 22.6. The third kappa shape index (κ3) is 9.92. The van der Waals surface area contributed by atoms with Crippen molar-refractivity contribution < 1.29 is 32.3 Å². The highest BCUT2D eigenvalue weighted by Crippen LogP contribution is 2.58. The van der Waals surface area contributed by atoms with Crippen LogP contribution in [0.5, 0.6) is 0 Å². The van der Waals surface area contributed by atoms with E-state index in [4.69, 9.17) is 0 Å². The first kappa shape index (κ1) is 17.3. The average Bonchev–Trinajstić information content (AvgIpc) is 1.65. The fraction of sp³-hybridized carbons (Fsp3) is 1.00. The van der Waals surface area contributed by atoms with Gasteiger partial charge in [-0.05, 0) is 41.5 Å². The molecule has 0 aliphatic rings. The minimum absolute atomic E-state index is 1.08. The summed E-state index contributed by atoms with van der Waals surface area (Å²) in [5.41, 5.74) is -2.17. The summed E-state index contributed by atoms with van der Waals surface area (Å²) >= 11 is 0. The minimum atomic E-state index is -4.97. The fourth-order valence-corrected chi connectivity index (χ4v) is 3.41. The van der Waals surface area contributed by atoms with Gasteiger partial charge in [-0.1, -0.05) is 0 Å². The maximum atomic E-state index is 11.3. The Labute approximate surface area is 101 Å². The van der Waals surface area contributed by atoms with Crippen LogP contribution in [0.15, 0.2) is 0 Å². The zero-order chi connectivity index (χ0) is 14.1. The number of phosphoric ester groups is 2. The molecule has 0 radical (unpaired) electrons. The van der Waals surface area contributed by atoms with E-state index in [2.05, 4.69) is 13.4 Å². The molecule has 0 aliphatic heterocycles.